The van der Waals surface area contributed by atoms with E-state index in [0.717, 1.165) is 6.07 Å². The average Bonchev–Trinajstić information content (AvgIpc) is 3.18. The minimum Gasteiger partial charge on any atom is -0.390 e. The molecule has 3 rings (SSSR count). The Kier molecular flexibility index (Phi) is 6.33. The van der Waals surface area contributed by atoms with Gasteiger partial charge in [0.2, 0.25) is 0 Å². The zero-order valence-corrected chi connectivity index (χ0v) is 15.2. The zero-order chi connectivity index (χ0) is 20.1. The van der Waals surface area contributed by atoms with Gasteiger partial charge in [0.1, 0.15) is 5.71 Å². The third-order valence-electron chi connectivity index (χ3n) is 3.84. The summed E-state index contributed by atoms with van der Waals surface area (Å²) in [6, 6.07) is 12.1. The number of oxime groups is 1. The van der Waals surface area contributed by atoms with Crippen LogP contribution >= 0.6 is 11.6 Å². The second kappa shape index (κ2) is 8.72. The second-order valence-electron chi connectivity index (χ2n) is 5.79. The van der Waals surface area contributed by atoms with Crippen LogP contribution in [0.1, 0.15) is 21.5 Å². The van der Waals surface area contributed by atoms with Crippen LogP contribution in [0.5, 0.6) is 0 Å². The fourth-order valence-electron chi connectivity index (χ4n) is 2.58. The first kappa shape index (κ1) is 20.3. The summed E-state index contributed by atoms with van der Waals surface area (Å²) in [5.74, 6) is -2.02. The maximum Gasteiger partial charge on any atom is 0.454 e. The zero-order valence-electron chi connectivity index (χ0n) is 14.4. The average molecular weight is 414 g/mol. The van der Waals surface area contributed by atoms with Crippen molar-refractivity contribution in [2.24, 2.45) is 5.16 Å². The van der Waals surface area contributed by atoms with E-state index >= 15 is 0 Å². The quantitative estimate of drug-likeness (QED) is 0.404. The number of hydrogen-bond donors (Lipinski definition) is 0. The van der Waals surface area contributed by atoms with Crippen molar-refractivity contribution < 1.29 is 32.3 Å². The Morgan fingerprint density at radius 1 is 1.11 bits per heavy atom. The van der Waals surface area contributed by atoms with Gasteiger partial charge >= 0.3 is 6.18 Å². The van der Waals surface area contributed by atoms with Gasteiger partial charge in [0.15, 0.2) is 12.9 Å². The molecular formula is C19H15ClF3NO4. The number of halogens is 4. The lowest BCUT2D eigenvalue weighted by molar-refractivity contribution is -0.0934. The lowest BCUT2D eigenvalue weighted by Gasteiger charge is -2.14. The van der Waals surface area contributed by atoms with Gasteiger partial charge in [-0.3, -0.25) is 4.79 Å². The summed E-state index contributed by atoms with van der Waals surface area (Å²) in [6.07, 6.45) is -5.67. The third kappa shape index (κ3) is 4.89. The maximum atomic E-state index is 13.1. The molecule has 0 spiro atoms. The molecule has 1 aliphatic rings. The van der Waals surface area contributed by atoms with Crippen molar-refractivity contribution in [2.45, 2.75) is 12.5 Å². The summed E-state index contributed by atoms with van der Waals surface area (Å²) in [5.41, 5.74) is -0.136. The number of ketones is 1. The van der Waals surface area contributed by atoms with Gasteiger partial charge in [-0.15, -0.1) is 0 Å². The Hall–Kier alpha value is -2.42. The molecular weight excluding hydrogens is 399 g/mol. The van der Waals surface area contributed by atoms with Crippen LogP contribution in [0.3, 0.4) is 0 Å². The lowest BCUT2D eigenvalue weighted by atomic mass is 9.95. The van der Waals surface area contributed by atoms with Crippen molar-refractivity contribution in [3.8, 4) is 0 Å². The van der Waals surface area contributed by atoms with Crippen LogP contribution in [-0.4, -0.2) is 43.8 Å². The molecule has 0 aliphatic carbocycles. The topological polar surface area (TPSA) is 57.1 Å². The van der Waals surface area contributed by atoms with Crippen molar-refractivity contribution in [3.05, 3.63) is 70.2 Å². The monoisotopic (exact) mass is 413 g/mol. The summed E-state index contributed by atoms with van der Waals surface area (Å²) in [5, 5.41) is 3.97. The molecule has 9 heteroatoms. The first-order valence-corrected chi connectivity index (χ1v) is 8.64. The molecule has 1 heterocycles. The lowest BCUT2D eigenvalue weighted by Crippen LogP contribution is -2.25. The fraction of sp³-hybridized carbons (Fsp3) is 0.263. The van der Waals surface area contributed by atoms with Crippen molar-refractivity contribution in [1.29, 1.82) is 0 Å². The van der Waals surface area contributed by atoms with E-state index in [1.807, 2.05) is 0 Å². The minimum atomic E-state index is -5.06. The van der Waals surface area contributed by atoms with Crippen LogP contribution < -0.4 is 0 Å². The van der Waals surface area contributed by atoms with Crippen molar-refractivity contribution in [2.75, 3.05) is 19.8 Å². The third-order valence-corrected chi connectivity index (χ3v) is 4.08. The van der Waals surface area contributed by atoms with Gasteiger partial charge in [0.05, 0.1) is 13.2 Å². The molecule has 0 unspecified atom stereocenters. The summed E-state index contributed by atoms with van der Waals surface area (Å²) in [6.45, 7) is 0.794. The molecule has 1 saturated heterocycles. The van der Waals surface area contributed by atoms with Crippen LogP contribution in [0.25, 0.3) is 0 Å². The highest BCUT2D eigenvalue weighted by molar-refractivity contribution is 6.31. The molecule has 0 N–H and O–H groups in total. The molecule has 148 valence electrons. The number of hydrogen-bond acceptors (Lipinski definition) is 5. The highest BCUT2D eigenvalue weighted by Crippen LogP contribution is 2.28. The normalized spacial score (nSPS) is 15.6. The second-order valence-corrected chi connectivity index (χ2v) is 6.23. The smallest absolute Gasteiger partial charge is 0.390 e. The number of carbonyl (C=O) groups is 1. The maximum absolute atomic E-state index is 13.1. The SMILES string of the molecule is O=C(c1cc(Cl)ccc1C(=NOCC1OCCO1)c1ccccc1)C(F)(F)F. The number of carbonyl (C=O) groups excluding carboxylic acids is 1. The van der Waals surface area contributed by atoms with Crippen LogP contribution in [-0.2, 0) is 14.3 Å². The number of alkyl halides is 3. The molecule has 1 fully saturated rings. The van der Waals surface area contributed by atoms with E-state index in [4.69, 9.17) is 25.9 Å². The molecule has 28 heavy (non-hydrogen) atoms. The highest BCUT2D eigenvalue weighted by Gasteiger charge is 2.41. The van der Waals surface area contributed by atoms with Gasteiger partial charge in [-0.2, -0.15) is 13.2 Å². The summed E-state index contributed by atoms with van der Waals surface area (Å²) in [7, 11) is 0. The van der Waals surface area contributed by atoms with E-state index in [9.17, 15) is 18.0 Å². The molecule has 2 aromatic carbocycles. The fourth-order valence-corrected chi connectivity index (χ4v) is 2.76. The van der Waals surface area contributed by atoms with Gasteiger partial charge in [-0.1, -0.05) is 53.2 Å². The first-order chi connectivity index (χ1) is 13.4. The van der Waals surface area contributed by atoms with E-state index in [-0.39, 0.29) is 22.9 Å². The molecule has 2 aromatic rings. The van der Waals surface area contributed by atoms with E-state index in [0.29, 0.717) is 18.8 Å². The summed E-state index contributed by atoms with van der Waals surface area (Å²) < 4.78 is 49.7. The Morgan fingerprint density at radius 3 is 2.43 bits per heavy atom. The number of nitrogens with zero attached hydrogens (tertiary/aromatic N) is 1. The van der Waals surface area contributed by atoms with Crippen LogP contribution in [0.2, 0.25) is 5.02 Å². The number of Topliss-reactive ketones (excluding diaryl/α,β-unsaturated/α-hetero) is 1. The highest BCUT2D eigenvalue weighted by atomic mass is 35.5. The van der Waals surface area contributed by atoms with E-state index < -0.39 is 23.8 Å². The Bertz CT molecular complexity index is 865. The molecule has 0 amide bonds. The van der Waals surface area contributed by atoms with E-state index in [1.165, 1.54) is 12.1 Å². The number of benzene rings is 2. The molecule has 0 radical (unpaired) electrons. The molecule has 0 aromatic heterocycles. The Balaban J connectivity index is 2.01. The van der Waals surface area contributed by atoms with Crippen LogP contribution in [0.4, 0.5) is 13.2 Å². The molecule has 5 nitrogen and oxygen atoms in total. The Morgan fingerprint density at radius 2 is 1.79 bits per heavy atom. The molecule has 0 saturated carbocycles. The van der Waals surface area contributed by atoms with E-state index in [2.05, 4.69) is 5.16 Å². The minimum absolute atomic E-state index is 0.00237. The predicted octanol–water partition coefficient (Wildman–Crippen LogP) is 4.23. The van der Waals surface area contributed by atoms with Gasteiger partial charge in [0, 0.05) is 21.7 Å². The van der Waals surface area contributed by atoms with Crippen LogP contribution in [0.15, 0.2) is 53.7 Å². The number of ether oxygens (including phenoxy) is 2. The van der Waals surface area contributed by atoms with Crippen LogP contribution in [0, 0.1) is 0 Å². The largest absolute Gasteiger partial charge is 0.454 e. The van der Waals surface area contributed by atoms with Crippen molar-refractivity contribution >= 4 is 23.1 Å². The number of rotatable bonds is 6. The summed E-state index contributed by atoms with van der Waals surface area (Å²) >= 11 is 5.83. The van der Waals surface area contributed by atoms with Crippen molar-refractivity contribution in [1.82, 2.24) is 0 Å². The Labute approximate surface area is 163 Å². The molecule has 0 bridgehead atoms. The predicted molar refractivity (Wildman–Crippen MR) is 95.6 cm³/mol. The van der Waals surface area contributed by atoms with Gasteiger partial charge in [-0.05, 0) is 12.1 Å². The first-order valence-electron chi connectivity index (χ1n) is 8.26. The van der Waals surface area contributed by atoms with Crippen molar-refractivity contribution in [3.63, 3.8) is 0 Å². The summed E-state index contributed by atoms with van der Waals surface area (Å²) in [4.78, 5) is 17.2. The van der Waals surface area contributed by atoms with Gasteiger partial charge in [0.25, 0.3) is 5.78 Å². The van der Waals surface area contributed by atoms with E-state index in [1.54, 1.807) is 30.3 Å². The molecule has 1 aliphatic heterocycles. The molecule has 0 atom stereocenters. The van der Waals surface area contributed by atoms with Gasteiger partial charge in [-0.25, -0.2) is 0 Å². The van der Waals surface area contributed by atoms with Gasteiger partial charge < -0.3 is 14.3 Å². The standard InChI is InChI=1S/C19H15ClF3NO4/c20-13-6-7-14(15(10-13)18(25)19(21,22)23)17(12-4-2-1-3-5-12)24-28-11-16-26-8-9-27-16/h1-7,10,16H,8-9,11H2.